The second kappa shape index (κ2) is 4.70. The molecule has 0 saturated carbocycles. The minimum atomic E-state index is -0.460. The van der Waals surface area contributed by atoms with Gasteiger partial charge < -0.3 is 9.84 Å². The van der Waals surface area contributed by atoms with Gasteiger partial charge in [-0.15, -0.1) is 0 Å². The normalized spacial score (nSPS) is 12.9. The van der Waals surface area contributed by atoms with Gasteiger partial charge in [0.1, 0.15) is 5.76 Å². The molecule has 0 fully saturated rings. The standard InChI is InChI=1S/C14H12O3/c1-17-14(16)12-9-5-4-8-11(12)13(15)10-6-2-3-7-10/h2-9,15H,1H3. The molecule has 1 aromatic carbocycles. The van der Waals surface area contributed by atoms with Crippen molar-refractivity contribution in [3.63, 3.8) is 0 Å². The number of rotatable bonds is 2. The topological polar surface area (TPSA) is 46.5 Å². The predicted molar refractivity (Wildman–Crippen MR) is 65.6 cm³/mol. The molecule has 0 unspecified atom stereocenters. The van der Waals surface area contributed by atoms with Gasteiger partial charge in [-0.25, -0.2) is 4.79 Å². The molecule has 1 aromatic rings. The molecule has 0 heterocycles. The highest BCUT2D eigenvalue weighted by molar-refractivity contribution is 5.95. The lowest BCUT2D eigenvalue weighted by molar-refractivity contribution is 0.0600. The van der Waals surface area contributed by atoms with Crippen molar-refractivity contribution < 1.29 is 14.6 Å². The second-order valence-corrected chi connectivity index (χ2v) is 3.56. The zero-order valence-electron chi connectivity index (χ0n) is 9.38. The van der Waals surface area contributed by atoms with E-state index in [-0.39, 0.29) is 5.76 Å². The smallest absolute Gasteiger partial charge is 0.338 e. The number of methoxy groups -OCH3 is 1. The quantitative estimate of drug-likeness (QED) is 0.625. The monoisotopic (exact) mass is 228 g/mol. The van der Waals surface area contributed by atoms with Crippen molar-refractivity contribution in [3.8, 4) is 0 Å². The zero-order chi connectivity index (χ0) is 12.3. The summed E-state index contributed by atoms with van der Waals surface area (Å²) in [5.74, 6) is -0.380. The molecule has 3 heteroatoms. The molecule has 2 rings (SSSR count). The molecule has 17 heavy (non-hydrogen) atoms. The SMILES string of the molecule is COC(=O)c1ccccc1C(O)=C1C=CC=C1. The Balaban J connectivity index is 2.53. The fourth-order valence-corrected chi connectivity index (χ4v) is 1.66. The van der Waals surface area contributed by atoms with Crippen LogP contribution in [-0.4, -0.2) is 18.2 Å². The average Bonchev–Trinajstić information content (AvgIpc) is 2.91. The molecule has 0 aromatic heterocycles. The maximum Gasteiger partial charge on any atom is 0.338 e. The minimum Gasteiger partial charge on any atom is -0.507 e. The van der Waals surface area contributed by atoms with E-state index < -0.39 is 5.97 Å². The summed E-state index contributed by atoms with van der Waals surface area (Å²) in [6, 6.07) is 6.81. The number of hydrogen-bond acceptors (Lipinski definition) is 3. The van der Waals surface area contributed by atoms with E-state index in [2.05, 4.69) is 4.74 Å². The first-order valence-electron chi connectivity index (χ1n) is 5.19. The van der Waals surface area contributed by atoms with Crippen LogP contribution in [0.1, 0.15) is 15.9 Å². The van der Waals surface area contributed by atoms with Crippen molar-refractivity contribution in [3.05, 3.63) is 65.3 Å². The molecule has 0 atom stereocenters. The van der Waals surface area contributed by atoms with E-state index in [1.807, 2.05) is 12.2 Å². The first-order chi connectivity index (χ1) is 8.24. The molecule has 1 N–H and O–H groups in total. The van der Waals surface area contributed by atoms with Crippen molar-refractivity contribution in [1.82, 2.24) is 0 Å². The first kappa shape index (κ1) is 11.2. The second-order valence-electron chi connectivity index (χ2n) is 3.56. The summed E-state index contributed by atoms with van der Waals surface area (Å²) in [7, 11) is 1.32. The van der Waals surface area contributed by atoms with Crippen LogP contribution in [0.25, 0.3) is 5.76 Å². The van der Waals surface area contributed by atoms with Crippen LogP contribution in [0.15, 0.2) is 54.1 Å². The Labute approximate surface area is 99.3 Å². The fraction of sp³-hybridized carbons (Fsp3) is 0.0714. The Morgan fingerprint density at radius 3 is 2.29 bits per heavy atom. The Bertz CT molecular complexity index is 522. The number of aliphatic hydroxyl groups is 1. The Kier molecular flexibility index (Phi) is 3.10. The lowest BCUT2D eigenvalue weighted by Crippen LogP contribution is -2.05. The van der Waals surface area contributed by atoms with Crippen LogP contribution in [0, 0.1) is 0 Å². The molecule has 1 aliphatic rings. The highest BCUT2D eigenvalue weighted by Gasteiger charge is 2.15. The molecule has 0 amide bonds. The summed E-state index contributed by atoms with van der Waals surface area (Å²) in [6.45, 7) is 0. The van der Waals surface area contributed by atoms with Crippen LogP contribution in [0.2, 0.25) is 0 Å². The zero-order valence-corrected chi connectivity index (χ0v) is 9.38. The summed E-state index contributed by atoms with van der Waals surface area (Å²) in [6.07, 6.45) is 7.21. The van der Waals surface area contributed by atoms with Crippen LogP contribution in [0.3, 0.4) is 0 Å². The van der Waals surface area contributed by atoms with E-state index in [0.29, 0.717) is 16.7 Å². The Morgan fingerprint density at radius 2 is 1.71 bits per heavy atom. The number of benzene rings is 1. The fourth-order valence-electron chi connectivity index (χ4n) is 1.66. The van der Waals surface area contributed by atoms with E-state index in [1.165, 1.54) is 7.11 Å². The largest absolute Gasteiger partial charge is 0.507 e. The molecule has 0 radical (unpaired) electrons. The van der Waals surface area contributed by atoms with Gasteiger partial charge in [0.25, 0.3) is 0 Å². The molecule has 0 bridgehead atoms. The minimum absolute atomic E-state index is 0.0796. The maximum atomic E-state index is 11.6. The van der Waals surface area contributed by atoms with E-state index in [9.17, 15) is 9.90 Å². The molecule has 0 spiro atoms. The van der Waals surface area contributed by atoms with Crippen molar-refractivity contribution in [2.45, 2.75) is 0 Å². The number of carbonyl (C=O) groups excluding carboxylic acids is 1. The first-order valence-corrected chi connectivity index (χ1v) is 5.19. The summed E-state index contributed by atoms with van der Waals surface area (Å²) < 4.78 is 4.68. The number of esters is 1. The van der Waals surface area contributed by atoms with E-state index in [0.717, 1.165) is 0 Å². The van der Waals surface area contributed by atoms with Crippen molar-refractivity contribution in [1.29, 1.82) is 0 Å². The van der Waals surface area contributed by atoms with Crippen LogP contribution in [0.4, 0.5) is 0 Å². The van der Waals surface area contributed by atoms with E-state index in [1.54, 1.807) is 36.4 Å². The van der Waals surface area contributed by atoms with Gasteiger partial charge in [-0.3, -0.25) is 0 Å². The van der Waals surface area contributed by atoms with Crippen LogP contribution >= 0.6 is 0 Å². The van der Waals surface area contributed by atoms with Crippen LogP contribution in [0.5, 0.6) is 0 Å². The lowest BCUT2D eigenvalue weighted by atomic mass is 10.0. The van der Waals surface area contributed by atoms with Gasteiger partial charge in [0.2, 0.25) is 0 Å². The molecular weight excluding hydrogens is 216 g/mol. The van der Waals surface area contributed by atoms with Gasteiger partial charge in [0.05, 0.1) is 12.7 Å². The Morgan fingerprint density at radius 1 is 1.12 bits per heavy atom. The number of carbonyl (C=O) groups is 1. The molecule has 1 aliphatic carbocycles. The third-order valence-electron chi connectivity index (χ3n) is 2.52. The van der Waals surface area contributed by atoms with Gasteiger partial charge in [0, 0.05) is 11.1 Å². The van der Waals surface area contributed by atoms with Gasteiger partial charge >= 0.3 is 5.97 Å². The van der Waals surface area contributed by atoms with Crippen molar-refractivity contribution in [2.24, 2.45) is 0 Å². The van der Waals surface area contributed by atoms with Crippen LogP contribution < -0.4 is 0 Å². The predicted octanol–water partition coefficient (Wildman–Crippen LogP) is 2.87. The van der Waals surface area contributed by atoms with E-state index in [4.69, 9.17) is 0 Å². The molecule has 0 aliphatic heterocycles. The molecule has 86 valence electrons. The summed E-state index contributed by atoms with van der Waals surface area (Å²) >= 11 is 0. The summed E-state index contributed by atoms with van der Waals surface area (Å²) in [4.78, 5) is 11.6. The number of hydrogen-bond donors (Lipinski definition) is 1. The van der Waals surface area contributed by atoms with Crippen molar-refractivity contribution in [2.75, 3.05) is 7.11 Å². The van der Waals surface area contributed by atoms with Gasteiger partial charge in [-0.05, 0) is 6.07 Å². The summed E-state index contributed by atoms with van der Waals surface area (Å²) in [5.41, 5.74) is 1.51. The van der Waals surface area contributed by atoms with Gasteiger partial charge in [0.15, 0.2) is 0 Å². The third kappa shape index (κ3) is 2.13. The number of ether oxygens (including phenoxy) is 1. The van der Waals surface area contributed by atoms with Gasteiger partial charge in [-0.1, -0.05) is 42.5 Å². The molecular formula is C14H12O3. The highest BCUT2D eigenvalue weighted by Crippen LogP contribution is 2.24. The molecule has 0 saturated heterocycles. The summed E-state index contributed by atoms with van der Waals surface area (Å²) in [5, 5.41) is 10.1. The number of aliphatic hydroxyl groups excluding tert-OH is 1. The lowest BCUT2D eigenvalue weighted by Gasteiger charge is -2.08. The highest BCUT2D eigenvalue weighted by atomic mass is 16.5. The average molecular weight is 228 g/mol. The Hall–Kier alpha value is -2.29. The maximum absolute atomic E-state index is 11.6. The van der Waals surface area contributed by atoms with Crippen molar-refractivity contribution >= 4 is 11.7 Å². The van der Waals surface area contributed by atoms with Gasteiger partial charge in [-0.2, -0.15) is 0 Å². The van der Waals surface area contributed by atoms with E-state index >= 15 is 0 Å². The third-order valence-corrected chi connectivity index (χ3v) is 2.52. The number of allylic oxidation sites excluding steroid dienone is 5. The molecule has 3 nitrogen and oxygen atoms in total. The van der Waals surface area contributed by atoms with Crippen LogP contribution in [-0.2, 0) is 4.74 Å².